The summed E-state index contributed by atoms with van der Waals surface area (Å²) in [5.74, 6) is 0.670. The topological polar surface area (TPSA) is 120 Å². The predicted molar refractivity (Wildman–Crippen MR) is 173 cm³/mol. The number of carbonyl (C=O) groups is 3. The van der Waals surface area contributed by atoms with Gasteiger partial charge in [0.15, 0.2) is 6.10 Å². The van der Waals surface area contributed by atoms with Crippen LogP contribution < -0.4 is 16.4 Å². The van der Waals surface area contributed by atoms with Crippen molar-refractivity contribution in [3.8, 4) is 0 Å². The number of hydrogen-bond acceptors (Lipinski definition) is 7. The number of rotatable bonds is 6. The van der Waals surface area contributed by atoms with E-state index < -0.39 is 35.5 Å². The normalized spacial score (nSPS) is 20.9. The molecule has 47 heavy (non-hydrogen) atoms. The summed E-state index contributed by atoms with van der Waals surface area (Å²) in [7, 11) is 0. The summed E-state index contributed by atoms with van der Waals surface area (Å²) >= 11 is 7.57. The molecule has 4 N–H and O–H groups in total. The zero-order valence-corrected chi connectivity index (χ0v) is 27.6. The van der Waals surface area contributed by atoms with E-state index in [9.17, 15) is 27.6 Å². The number of nitrogens with one attached hydrogen (secondary N) is 2. The van der Waals surface area contributed by atoms with E-state index in [4.69, 9.17) is 22.1 Å². The first kappa shape index (κ1) is 33.7. The summed E-state index contributed by atoms with van der Waals surface area (Å²) in [4.78, 5) is 45.1. The third kappa shape index (κ3) is 7.59. The molecule has 2 aromatic rings. The fraction of sp³-hybridized carbons (Fsp3) is 0.594. The van der Waals surface area contributed by atoms with Crippen LogP contribution in [0.3, 0.4) is 0 Å². The van der Waals surface area contributed by atoms with Crippen LogP contribution in [0.2, 0.25) is 5.02 Å². The number of anilines is 2. The Labute approximate surface area is 280 Å². The molecular weight excluding hydrogens is 657 g/mol. The summed E-state index contributed by atoms with van der Waals surface area (Å²) < 4.78 is 47.1. The van der Waals surface area contributed by atoms with E-state index in [0.29, 0.717) is 57.4 Å². The van der Waals surface area contributed by atoms with E-state index in [0.717, 1.165) is 55.4 Å². The van der Waals surface area contributed by atoms with Crippen molar-refractivity contribution >= 4 is 51.7 Å². The molecule has 1 aromatic heterocycles. The fourth-order valence-electron chi connectivity index (χ4n) is 7.38. The maximum Gasteiger partial charge on any atom is 0.418 e. The van der Waals surface area contributed by atoms with Gasteiger partial charge in [-0.25, -0.2) is 9.59 Å². The number of nitrogen functional groups attached to an aromatic ring is 1. The van der Waals surface area contributed by atoms with Crippen molar-refractivity contribution in [3.05, 3.63) is 45.3 Å². The zero-order chi connectivity index (χ0) is 33.3. The van der Waals surface area contributed by atoms with Crippen LogP contribution in [0.1, 0.15) is 55.2 Å². The minimum Gasteiger partial charge on any atom is -0.436 e. The second kappa shape index (κ2) is 14.1. The largest absolute Gasteiger partial charge is 0.436 e. The number of carbonyl (C=O) groups excluding carboxylic acids is 3. The summed E-state index contributed by atoms with van der Waals surface area (Å²) in [5.41, 5.74) is 5.09. The Hall–Kier alpha value is -3.23. The molecule has 3 fully saturated rings. The first-order valence-electron chi connectivity index (χ1n) is 16.2. The molecule has 4 aliphatic heterocycles. The maximum absolute atomic E-state index is 13.9. The van der Waals surface area contributed by atoms with Gasteiger partial charge in [-0.1, -0.05) is 11.6 Å². The number of urea groups is 1. The Balaban J connectivity index is 1.13. The highest BCUT2D eigenvalue weighted by Crippen LogP contribution is 2.39. The molecule has 1 atom stereocenters. The zero-order valence-electron chi connectivity index (χ0n) is 26.0. The molecule has 0 aliphatic carbocycles. The van der Waals surface area contributed by atoms with Crippen LogP contribution in [0.4, 0.5) is 33.4 Å². The van der Waals surface area contributed by atoms with Crippen molar-refractivity contribution in [1.82, 2.24) is 20.0 Å². The second-order valence-corrected chi connectivity index (χ2v) is 14.2. The molecule has 4 aliphatic rings. The molecule has 0 spiro atoms. The average molecular weight is 697 g/mol. The van der Waals surface area contributed by atoms with Crippen molar-refractivity contribution in [1.29, 1.82) is 0 Å². The molecule has 0 radical (unpaired) electrons. The molecule has 0 bridgehead atoms. The van der Waals surface area contributed by atoms with Crippen molar-refractivity contribution in [2.45, 2.75) is 69.8 Å². The van der Waals surface area contributed by atoms with Gasteiger partial charge < -0.3 is 30.5 Å². The van der Waals surface area contributed by atoms with E-state index in [1.54, 1.807) is 9.80 Å². The van der Waals surface area contributed by atoms with Gasteiger partial charge in [-0.2, -0.15) is 13.2 Å². The molecule has 15 heteroatoms. The van der Waals surface area contributed by atoms with Gasteiger partial charge in [0.1, 0.15) is 5.00 Å². The Kier molecular flexibility index (Phi) is 10.1. The molecular formula is C32H40ClF3N6O4S. The predicted octanol–water partition coefficient (Wildman–Crippen LogP) is 5.80. The fourth-order valence-corrected chi connectivity index (χ4v) is 8.42. The molecule has 10 nitrogen and oxygen atoms in total. The third-order valence-corrected chi connectivity index (χ3v) is 11.3. The van der Waals surface area contributed by atoms with Crippen LogP contribution in [0.15, 0.2) is 23.6 Å². The highest BCUT2D eigenvalue weighted by molar-refractivity contribution is 7.14. The number of thiophene rings is 1. The first-order valence-corrected chi connectivity index (χ1v) is 17.5. The van der Waals surface area contributed by atoms with Crippen LogP contribution >= 0.6 is 22.9 Å². The number of hydrogen-bond donors (Lipinski definition) is 3. The minimum atomic E-state index is -4.75. The molecule has 5 heterocycles. The summed E-state index contributed by atoms with van der Waals surface area (Å²) in [6.07, 6.45) is -2.19. The Morgan fingerprint density at radius 3 is 2.36 bits per heavy atom. The highest BCUT2D eigenvalue weighted by atomic mass is 35.5. The van der Waals surface area contributed by atoms with Gasteiger partial charge in [0, 0.05) is 44.2 Å². The number of halogens is 4. The SMILES string of the molecule is Nc1c(Cl)cc(C[C@@H](OC(=O)N2CCC(N3Cc4ccsc4NC3=O)CC2)C(=O)N2CCC(C3CCNCC3)CC2)cc1C(F)(F)F. The van der Waals surface area contributed by atoms with Gasteiger partial charge in [0.05, 0.1) is 22.8 Å². The lowest BCUT2D eigenvalue weighted by molar-refractivity contribution is -0.142. The number of piperidine rings is 3. The highest BCUT2D eigenvalue weighted by Gasteiger charge is 2.39. The lowest BCUT2D eigenvalue weighted by Gasteiger charge is -2.40. The van der Waals surface area contributed by atoms with Gasteiger partial charge in [-0.15, -0.1) is 11.3 Å². The van der Waals surface area contributed by atoms with Crippen molar-refractivity contribution in [3.63, 3.8) is 0 Å². The van der Waals surface area contributed by atoms with Crippen LogP contribution in [-0.2, 0) is 28.7 Å². The lowest BCUT2D eigenvalue weighted by atomic mass is 9.79. The quantitative estimate of drug-likeness (QED) is 0.329. The molecule has 6 rings (SSSR count). The number of nitrogens with two attached hydrogens (primary N) is 1. The Morgan fingerprint density at radius 1 is 1.02 bits per heavy atom. The standard InChI is InChI=1S/C32H40ClF3N6O4S/c33-25-16-19(15-24(27(25)37)32(34,35)36)17-26(29(43)40-10-3-21(4-11-40)20-1-8-38-9-2-20)46-31(45)41-12-5-23(6-13-41)42-18-22-7-14-47-28(22)39-30(42)44/h7,14-16,20-21,23,26,38H,1-6,8-13,17-18,37H2,(H,39,44)/t26-/m1/s1. The number of alkyl halides is 3. The van der Waals surface area contributed by atoms with E-state index >= 15 is 0 Å². The number of benzene rings is 1. The first-order chi connectivity index (χ1) is 22.5. The monoisotopic (exact) mass is 696 g/mol. The molecule has 0 saturated carbocycles. The number of nitrogens with zero attached hydrogens (tertiary/aromatic N) is 3. The summed E-state index contributed by atoms with van der Waals surface area (Å²) in [6, 6.07) is 3.89. The number of likely N-dealkylation sites (tertiary alicyclic amines) is 2. The lowest BCUT2D eigenvalue weighted by Crippen LogP contribution is -2.52. The van der Waals surface area contributed by atoms with Crippen molar-refractivity contribution in [2.75, 3.05) is 50.3 Å². The van der Waals surface area contributed by atoms with Gasteiger partial charge in [-0.3, -0.25) is 10.1 Å². The van der Waals surface area contributed by atoms with E-state index in [1.165, 1.54) is 22.3 Å². The van der Waals surface area contributed by atoms with Gasteiger partial charge in [0.25, 0.3) is 5.91 Å². The second-order valence-electron chi connectivity index (χ2n) is 12.9. The third-order valence-electron chi connectivity index (χ3n) is 10.1. The molecule has 4 amide bonds. The molecule has 0 unspecified atom stereocenters. The van der Waals surface area contributed by atoms with Crippen molar-refractivity contribution < 1.29 is 32.3 Å². The van der Waals surface area contributed by atoms with E-state index in [1.807, 2.05) is 11.4 Å². The smallest absolute Gasteiger partial charge is 0.418 e. The van der Waals surface area contributed by atoms with E-state index in [-0.39, 0.29) is 29.1 Å². The minimum absolute atomic E-state index is 0.0801. The van der Waals surface area contributed by atoms with Crippen molar-refractivity contribution in [2.24, 2.45) is 11.8 Å². The Bertz CT molecular complexity index is 1470. The van der Waals surface area contributed by atoms with Crippen LogP contribution in [0.25, 0.3) is 0 Å². The van der Waals surface area contributed by atoms with E-state index in [2.05, 4.69) is 10.6 Å². The Morgan fingerprint density at radius 2 is 1.68 bits per heavy atom. The summed E-state index contributed by atoms with van der Waals surface area (Å²) in [5, 5.41) is 8.81. The number of fused-ring (bicyclic) bond motifs is 1. The van der Waals surface area contributed by atoms with Crippen LogP contribution in [0.5, 0.6) is 0 Å². The number of ether oxygens (including phenoxy) is 1. The van der Waals surface area contributed by atoms with Gasteiger partial charge in [-0.05, 0) is 92.6 Å². The molecule has 1 aromatic carbocycles. The van der Waals surface area contributed by atoms with Crippen LogP contribution in [-0.4, -0.2) is 84.1 Å². The number of amides is 4. The summed E-state index contributed by atoms with van der Waals surface area (Å²) in [6.45, 7) is 4.07. The maximum atomic E-state index is 13.9. The molecule has 256 valence electrons. The van der Waals surface area contributed by atoms with Crippen LogP contribution in [0, 0.1) is 11.8 Å². The average Bonchev–Trinajstić information content (AvgIpc) is 3.52. The van der Waals surface area contributed by atoms with Gasteiger partial charge in [0.2, 0.25) is 0 Å². The van der Waals surface area contributed by atoms with Gasteiger partial charge >= 0.3 is 18.3 Å². The molecule has 3 saturated heterocycles.